The first kappa shape index (κ1) is 12.2. The number of rotatable bonds is 4. The molecule has 0 aromatic carbocycles. The molecular formula is C10H12INO3. The maximum Gasteiger partial charge on any atom is 0.341 e. The number of carboxylic acid groups (broad SMARTS) is 1. The molecule has 0 aliphatic carbocycles. The van der Waals surface area contributed by atoms with Gasteiger partial charge < -0.3 is 9.84 Å². The van der Waals surface area contributed by atoms with Gasteiger partial charge in [-0.15, -0.1) is 0 Å². The number of carbonyl (C=O) groups is 1. The fourth-order valence-electron chi connectivity index (χ4n) is 0.941. The van der Waals surface area contributed by atoms with Gasteiger partial charge in [-0.05, 0) is 34.6 Å². The van der Waals surface area contributed by atoms with Gasteiger partial charge in [0.05, 0.1) is 6.61 Å². The van der Waals surface area contributed by atoms with E-state index in [4.69, 9.17) is 9.84 Å². The van der Waals surface area contributed by atoms with Gasteiger partial charge in [0, 0.05) is 9.77 Å². The SMILES string of the molecule is CC(C)COc1ncc(I)cc1C(=O)O. The van der Waals surface area contributed by atoms with Gasteiger partial charge >= 0.3 is 5.97 Å². The van der Waals surface area contributed by atoms with E-state index in [9.17, 15) is 4.79 Å². The van der Waals surface area contributed by atoms with E-state index < -0.39 is 5.97 Å². The third-order valence-corrected chi connectivity index (χ3v) is 2.19. The third kappa shape index (κ3) is 3.65. The molecule has 0 aliphatic rings. The van der Waals surface area contributed by atoms with Crippen LogP contribution in [0.5, 0.6) is 5.88 Å². The lowest BCUT2D eigenvalue weighted by Gasteiger charge is -2.09. The van der Waals surface area contributed by atoms with Crippen molar-refractivity contribution in [2.75, 3.05) is 6.61 Å². The van der Waals surface area contributed by atoms with Crippen molar-refractivity contribution in [2.24, 2.45) is 5.92 Å². The highest BCUT2D eigenvalue weighted by atomic mass is 127. The summed E-state index contributed by atoms with van der Waals surface area (Å²) in [7, 11) is 0. The third-order valence-electron chi connectivity index (χ3n) is 1.60. The van der Waals surface area contributed by atoms with Crippen LogP contribution in [-0.4, -0.2) is 22.7 Å². The fourth-order valence-corrected chi connectivity index (χ4v) is 1.39. The van der Waals surface area contributed by atoms with Crippen LogP contribution < -0.4 is 4.74 Å². The number of nitrogens with zero attached hydrogens (tertiary/aromatic N) is 1. The molecule has 4 nitrogen and oxygen atoms in total. The van der Waals surface area contributed by atoms with Crippen LogP contribution in [0.2, 0.25) is 0 Å². The highest BCUT2D eigenvalue weighted by Gasteiger charge is 2.13. The molecule has 0 saturated carbocycles. The molecule has 1 aromatic heterocycles. The molecule has 0 unspecified atom stereocenters. The number of halogens is 1. The predicted molar refractivity (Wildman–Crippen MR) is 64.2 cm³/mol. The number of ether oxygens (including phenoxy) is 1. The topological polar surface area (TPSA) is 59.4 Å². The summed E-state index contributed by atoms with van der Waals surface area (Å²) in [6.45, 7) is 4.45. The van der Waals surface area contributed by atoms with Gasteiger partial charge in [0.1, 0.15) is 5.56 Å². The Balaban J connectivity index is 2.91. The van der Waals surface area contributed by atoms with Crippen molar-refractivity contribution in [1.82, 2.24) is 4.98 Å². The number of aromatic nitrogens is 1. The van der Waals surface area contributed by atoms with E-state index >= 15 is 0 Å². The minimum Gasteiger partial charge on any atom is -0.477 e. The highest BCUT2D eigenvalue weighted by Crippen LogP contribution is 2.18. The molecule has 5 heteroatoms. The standard InChI is InChI=1S/C10H12INO3/c1-6(2)5-15-9-8(10(13)14)3-7(11)4-12-9/h3-4,6H,5H2,1-2H3,(H,13,14). The van der Waals surface area contributed by atoms with E-state index in [1.807, 2.05) is 36.4 Å². The van der Waals surface area contributed by atoms with Gasteiger partial charge in [-0.2, -0.15) is 0 Å². The number of aromatic carboxylic acids is 1. The van der Waals surface area contributed by atoms with Crippen molar-refractivity contribution in [2.45, 2.75) is 13.8 Å². The Hall–Kier alpha value is -0.850. The molecule has 0 amide bonds. The quantitative estimate of drug-likeness (QED) is 0.865. The number of carboxylic acids is 1. The Labute approximate surface area is 102 Å². The molecule has 0 atom stereocenters. The molecule has 0 radical (unpaired) electrons. The Morgan fingerprint density at radius 3 is 2.87 bits per heavy atom. The molecule has 0 aliphatic heterocycles. The molecule has 0 bridgehead atoms. The monoisotopic (exact) mass is 321 g/mol. The molecule has 15 heavy (non-hydrogen) atoms. The Bertz CT molecular complexity index is 366. The van der Waals surface area contributed by atoms with E-state index in [1.54, 1.807) is 12.3 Å². The maximum atomic E-state index is 10.9. The molecular weight excluding hydrogens is 309 g/mol. The van der Waals surface area contributed by atoms with E-state index in [0.29, 0.717) is 12.5 Å². The van der Waals surface area contributed by atoms with Gasteiger partial charge in [-0.1, -0.05) is 13.8 Å². The Morgan fingerprint density at radius 2 is 2.33 bits per heavy atom. The van der Waals surface area contributed by atoms with E-state index in [0.717, 1.165) is 3.57 Å². The summed E-state index contributed by atoms with van der Waals surface area (Å²) in [6, 6.07) is 1.55. The van der Waals surface area contributed by atoms with Crippen LogP contribution in [-0.2, 0) is 0 Å². The second-order valence-electron chi connectivity index (χ2n) is 3.52. The second-order valence-corrected chi connectivity index (χ2v) is 4.76. The summed E-state index contributed by atoms with van der Waals surface area (Å²) >= 11 is 2.02. The maximum absolute atomic E-state index is 10.9. The summed E-state index contributed by atoms with van der Waals surface area (Å²) in [5.41, 5.74) is 0.113. The van der Waals surface area contributed by atoms with Crippen molar-refractivity contribution in [3.63, 3.8) is 0 Å². The van der Waals surface area contributed by atoms with Gasteiger partial charge in [0.25, 0.3) is 0 Å². The van der Waals surface area contributed by atoms with Crippen molar-refractivity contribution in [3.8, 4) is 5.88 Å². The van der Waals surface area contributed by atoms with Crippen molar-refractivity contribution in [3.05, 3.63) is 21.4 Å². The number of hydrogen-bond acceptors (Lipinski definition) is 3. The summed E-state index contributed by atoms with van der Waals surface area (Å²) in [4.78, 5) is 14.9. The van der Waals surface area contributed by atoms with Crippen LogP contribution >= 0.6 is 22.6 Å². The first-order valence-electron chi connectivity index (χ1n) is 4.52. The smallest absolute Gasteiger partial charge is 0.341 e. The summed E-state index contributed by atoms with van der Waals surface area (Å²) in [5, 5.41) is 8.93. The second kappa shape index (κ2) is 5.29. The first-order chi connectivity index (χ1) is 7.00. The van der Waals surface area contributed by atoms with Crippen molar-refractivity contribution in [1.29, 1.82) is 0 Å². The van der Waals surface area contributed by atoms with Gasteiger partial charge in [0.15, 0.2) is 0 Å². The zero-order valence-corrected chi connectivity index (χ0v) is 10.7. The van der Waals surface area contributed by atoms with Crippen LogP contribution in [0.1, 0.15) is 24.2 Å². The molecule has 0 fully saturated rings. The zero-order valence-electron chi connectivity index (χ0n) is 8.53. The Morgan fingerprint density at radius 1 is 1.67 bits per heavy atom. The molecule has 1 aromatic rings. The largest absolute Gasteiger partial charge is 0.477 e. The van der Waals surface area contributed by atoms with Crippen LogP contribution in [0, 0.1) is 9.49 Å². The Kier molecular flexibility index (Phi) is 4.31. The molecule has 0 spiro atoms. The predicted octanol–water partition coefficient (Wildman–Crippen LogP) is 2.42. The highest BCUT2D eigenvalue weighted by molar-refractivity contribution is 14.1. The normalized spacial score (nSPS) is 10.4. The molecule has 1 N–H and O–H groups in total. The first-order valence-corrected chi connectivity index (χ1v) is 5.60. The van der Waals surface area contributed by atoms with E-state index in [-0.39, 0.29) is 11.4 Å². The molecule has 1 heterocycles. The lowest BCUT2D eigenvalue weighted by molar-refractivity contribution is 0.0690. The number of pyridine rings is 1. The number of hydrogen-bond donors (Lipinski definition) is 1. The van der Waals surface area contributed by atoms with Gasteiger partial charge in [0.2, 0.25) is 5.88 Å². The minimum atomic E-state index is -1.01. The average Bonchev–Trinajstić information content (AvgIpc) is 2.15. The summed E-state index contributed by atoms with van der Waals surface area (Å²) in [5.74, 6) is -0.482. The minimum absolute atomic E-state index is 0.113. The van der Waals surface area contributed by atoms with Gasteiger partial charge in [-0.3, -0.25) is 0 Å². The lowest BCUT2D eigenvalue weighted by Crippen LogP contribution is -2.10. The average molecular weight is 321 g/mol. The lowest BCUT2D eigenvalue weighted by atomic mass is 10.2. The van der Waals surface area contributed by atoms with Gasteiger partial charge in [-0.25, -0.2) is 9.78 Å². The molecule has 1 rings (SSSR count). The summed E-state index contributed by atoms with van der Waals surface area (Å²) in [6.07, 6.45) is 1.59. The van der Waals surface area contributed by atoms with E-state index in [1.165, 1.54) is 0 Å². The van der Waals surface area contributed by atoms with Crippen LogP contribution in [0.15, 0.2) is 12.3 Å². The molecule has 82 valence electrons. The fraction of sp³-hybridized carbons (Fsp3) is 0.400. The van der Waals surface area contributed by atoms with Crippen LogP contribution in [0.3, 0.4) is 0 Å². The zero-order chi connectivity index (χ0) is 11.4. The summed E-state index contributed by atoms with van der Waals surface area (Å²) < 4.78 is 6.10. The van der Waals surface area contributed by atoms with E-state index in [2.05, 4.69) is 4.98 Å². The molecule has 0 saturated heterocycles. The van der Waals surface area contributed by atoms with Crippen molar-refractivity contribution < 1.29 is 14.6 Å². The van der Waals surface area contributed by atoms with Crippen LogP contribution in [0.25, 0.3) is 0 Å². The van der Waals surface area contributed by atoms with Crippen LogP contribution in [0.4, 0.5) is 0 Å². The van der Waals surface area contributed by atoms with Crippen molar-refractivity contribution >= 4 is 28.6 Å².